The molecule has 1 aromatic carbocycles. The molecule has 0 bridgehead atoms. The molecule has 0 radical (unpaired) electrons. The first-order chi connectivity index (χ1) is 9.10. The van der Waals surface area contributed by atoms with Crippen LogP contribution in [0.3, 0.4) is 0 Å². The minimum Gasteiger partial charge on any atom is -0.384 e. The van der Waals surface area contributed by atoms with Crippen LogP contribution >= 0.6 is 11.8 Å². The van der Waals surface area contributed by atoms with Crippen molar-refractivity contribution in [3.8, 4) is 0 Å². The Morgan fingerprint density at radius 2 is 2.32 bits per heavy atom. The molecule has 2 rings (SSSR count). The van der Waals surface area contributed by atoms with E-state index in [4.69, 9.17) is 11.1 Å². The maximum Gasteiger partial charge on any atom is 0.122 e. The van der Waals surface area contributed by atoms with Gasteiger partial charge >= 0.3 is 0 Å². The fraction of sp³-hybridized carbons (Fsp3) is 0.533. The number of nitrogens with two attached hydrogens (primary N) is 1. The largest absolute Gasteiger partial charge is 0.384 e. The van der Waals surface area contributed by atoms with Crippen molar-refractivity contribution in [2.24, 2.45) is 5.73 Å². The van der Waals surface area contributed by atoms with Gasteiger partial charge in [0.1, 0.15) is 5.84 Å². The summed E-state index contributed by atoms with van der Waals surface area (Å²) >= 11 is 2.10. The predicted octanol–water partition coefficient (Wildman–Crippen LogP) is 2.61. The summed E-state index contributed by atoms with van der Waals surface area (Å²) < 4.78 is 0. The Morgan fingerprint density at radius 1 is 1.53 bits per heavy atom. The number of thioether (sulfide) groups is 1. The molecule has 3 nitrogen and oxygen atoms in total. The molecule has 0 amide bonds. The second kappa shape index (κ2) is 6.44. The normalized spacial score (nSPS) is 20.4. The van der Waals surface area contributed by atoms with Crippen molar-refractivity contribution in [3.63, 3.8) is 0 Å². The van der Waals surface area contributed by atoms with Crippen LogP contribution < -0.4 is 5.73 Å². The number of aryl methyl sites for hydroxylation is 1. The van der Waals surface area contributed by atoms with Crippen molar-refractivity contribution in [2.45, 2.75) is 32.1 Å². The quantitative estimate of drug-likeness (QED) is 0.657. The summed E-state index contributed by atoms with van der Waals surface area (Å²) in [4.78, 5) is 2.54. The molecule has 3 N–H and O–H groups in total. The number of benzene rings is 1. The van der Waals surface area contributed by atoms with Crippen molar-refractivity contribution in [1.82, 2.24) is 4.90 Å². The van der Waals surface area contributed by atoms with Crippen LogP contribution in [0.1, 0.15) is 30.0 Å². The van der Waals surface area contributed by atoms with Gasteiger partial charge in [-0.2, -0.15) is 11.8 Å². The number of hydrogen-bond donors (Lipinski definition) is 2. The third kappa shape index (κ3) is 3.74. The molecule has 1 fully saturated rings. The van der Waals surface area contributed by atoms with Gasteiger partial charge in [-0.25, -0.2) is 0 Å². The summed E-state index contributed by atoms with van der Waals surface area (Å²) in [5, 5.41) is 8.25. The van der Waals surface area contributed by atoms with Crippen molar-refractivity contribution in [1.29, 1.82) is 5.41 Å². The van der Waals surface area contributed by atoms with Crippen LogP contribution in [0.5, 0.6) is 0 Å². The first-order valence-electron chi connectivity index (χ1n) is 6.88. The van der Waals surface area contributed by atoms with Crippen molar-refractivity contribution in [2.75, 3.05) is 18.8 Å². The van der Waals surface area contributed by atoms with Gasteiger partial charge in [-0.3, -0.25) is 10.3 Å². The van der Waals surface area contributed by atoms with Gasteiger partial charge in [0.05, 0.1) is 0 Å². The first-order valence-corrected chi connectivity index (χ1v) is 7.93. The lowest BCUT2D eigenvalue weighted by molar-refractivity contribution is 0.272. The molecule has 4 heteroatoms. The maximum atomic E-state index is 7.47. The van der Waals surface area contributed by atoms with Crippen LogP contribution in [0.4, 0.5) is 0 Å². The number of nitrogens with one attached hydrogen (secondary N) is 1. The minimum atomic E-state index is 0.148. The minimum absolute atomic E-state index is 0.148. The molecule has 104 valence electrons. The van der Waals surface area contributed by atoms with Gasteiger partial charge < -0.3 is 5.73 Å². The number of rotatable bonds is 4. The molecule has 19 heavy (non-hydrogen) atoms. The lowest BCUT2D eigenvalue weighted by atomic mass is 10.0. The third-order valence-corrected chi connectivity index (χ3v) is 5.10. The average molecular weight is 277 g/mol. The van der Waals surface area contributed by atoms with Crippen molar-refractivity contribution < 1.29 is 0 Å². The van der Waals surface area contributed by atoms with Gasteiger partial charge in [-0.15, -0.1) is 0 Å². The molecule has 0 aliphatic carbocycles. The van der Waals surface area contributed by atoms with E-state index in [1.165, 1.54) is 36.4 Å². The van der Waals surface area contributed by atoms with E-state index in [9.17, 15) is 0 Å². The molecule has 1 atom stereocenters. The Labute approximate surface area is 120 Å². The highest BCUT2D eigenvalue weighted by Crippen LogP contribution is 2.23. The summed E-state index contributed by atoms with van der Waals surface area (Å²) in [6.45, 7) is 7.76. The van der Waals surface area contributed by atoms with Crippen LogP contribution in [0.25, 0.3) is 0 Å². The van der Waals surface area contributed by atoms with Gasteiger partial charge in [0, 0.05) is 36.2 Å². The van der Waals surface area contributed by atoms with Crippen LogP contribution in [0, 0.1) is 12.3 Å². The molecule has 1 aliphatic heterocycles. The standard InChI is InChI=1S/C15H23N3S/c1-3-14-10-18(6-7-19-14)9-13-5-4-12(15(16)17)8-11(13)2/h4-5,8,14H,3,6-7,9-10H2,1-2H3,(H3,16,17). The molecule has 0 spiro atoms. The highest BCUT2D eigenvalue weighted by molar-refractivity contribution is 8.00. The van der Waals surface area contributed by atoms with Crippen LogP contribution in [-0.2, 0) is 6.54 Å². The van der Waals surface area contributed by atoms with E-state index in [1.54, 1.807) is 0 Å². The molecule has 0 saturated carbocycles. The lowest BCUT2D eigenvalue weighted by Crippen LogP contribution is -2.37. The molecular weight excluding hydrogens is 254 g/mol. The Kier molecular flexibility index (Phi) is 4.88. The van der Waals surface area contributed by atoms with Crippen molar-refractivity contribution >= 4 is 17.6 Å². The number of amidine groups is 1. The summed E-state index contributed by atoms with van der Waals surface area (Å²) in [5.41, 5.74) is 8.93. The van der Waals surface area contributed by atoms with Crippen LogP contribution in [0.15, 0.2) is 18.2 Å². The second-order valence-electron chi connectivity index (χ2n) is 5.19. The molecule has 1 heterocycles. The van der Waals surface area contributed by atoms with Crippen LogP contribution in [0.2, 0.25) is 0 Å². The third-order valence-electron chi connectivity index (χ3n) is 3.73. The maximum absolute atomic E-state index is 7.47. The smallest absolute Gasteiger partial charge is 0.122 e. The van der Waals surface area contributed by atoms with E-state index in [0.717, 1.165) is 17.4 Å². The molecule has 1 unspecified atom stereocenters. The second-order valence-corrected chi connectivity index (χ2v) is 6.60. The van der Waals surface area contributed by atoms with Gasteiger partial charge in [-0.1, -0.05) is 19.1 Å². The number of nitrogens with zero attached hydrogens (tertiary/aromatic N) is 1. The number of nitrogen functional groups attached to an aromatic ring is 1. The van der Waals surface area contributed by atoms with Gasteiger partial charge in [0.25, 0.3) is 0 Å². The molecule has 0 aromatic heterocycles. The van der Waals surface area contributed by atoms with E-state index < -0.39 is 0 Å². The molecule has 1 aliphatic rings. The zero-order valence-electron chi connectivity index (χ0n) is 11.8. The van der Waals surface area contributed by atoms with E-state index in [-0.39, 0.29) is 5.84 Å². The Balaban J connectivity index is 2.04. The van der Waals surface area contributed by atoms with Crippen molar-refractivity contribution in [3.05, 3.63) is 34.9 Å². The van der Waals surface area contributed by atoms with Gasteiger partial charge in [0.15, 0.2) is 0 Å². The predicted molar refractivity (Wildman–Crippen MR) is 84.0 cm³/mol. The highest BCUT2D eigenvalue weighted by atomic mass is 32.2. The Bertz CT molecular complexity index is 459. The fourth-order valence-corrected chi connectivity index (χ4v) is 3.70. The topological polar surface area (TPSA) is 53.1 Å². The summed E-state index contributed by atoms with van der Waals surface area (Å²) in [6.07, 6.45) is 1.25. The zero-order valence-corrected chi connectivity index (χ0v) is 12.6. The van der Waals surface area contributed by atoms with E-state index in [0.29, 0.717) is 0 Å². The van der Waals surface area contributed by atoms with Gasteiger partial charge in [-0.05, 0) is 30.5 Å². The molecular formula is C15H23N3S. The average Bonchev–Trinajstić information content (AvgIpc) is 2.41. The lowest BCUT2D eigenvalue weighted by Gasteiger charge is -2.32. The zero-order chi connectivity index (χ0) is 13.8. The van der Waals surface area contributed by atoms with Gasteiger partial charge in [0.2, 0.25) is 0 Å². The van der Waals surface area contributed by atoms with Crippen LogP contribution in [-0.4, -0.2) is 34.8 Å². The molecule has 1 aromatic rings. The summed E-state index contributed by atoms with van der Waals surface area (Å²) in [7, 11) is 0. The highest BCUT2D eigenvalue weighted by Gasteiger charge is 2.19. The van der Waals surface area contributed by atoms with E-state index >= 15 is 0 Å². The summed E-state index contributed by atoms with van der Waals surface area (Å²) in [6, 6.07) is 6.10. The Hall–Kier alpha value is -1.00. The molecule has 1 saturated heterocycles. The first kappa shape index (κ1) is 14.4. The van der Waals surface area contributed by atoms with E-state index in [2.05, 4.69) is 36.6 Å². The Morgan fingerprint density at radius 3 is 2.95 bits per heavy atom. The fourth-order valence-electron chi connectivity index (χ4n) is 2.45. The number of hydrogen-bond acceptors (Lipinski definition) is 3. The SMILES string of the molecule is CCC1CN(Cc2ccc(C(=N)N)cc2C)CCS1. The summed E-state index contributed by atoms with van der Waals surface area (Å²) in [5.74, 6) is 1.39. The van der Waals surface area contributed by atoms with E-state index in [1.807, 2.05) is 12.1 Å². The monoisotopic (exact) mass is 277 g/mol.